The summed E-state index contributed by atoms with van der Waals surface area (Å²) in [5, 5.41) is 12.6. The van der Waals surface area contributed by atoms with Crippen LogP contribution in [0.1, 0.15) is 11.3 Å². The molecule has 1 heterocycles. The van der Waals surface area contributed by atoms with Crippen molar-refractivity contribution in [2.24, 2.45) is 0 Å². The largest absolute Gasteiger partial charge is 0.495 e. The number of nitriles is 1. The Bertz CT molecular complexity index is 683. The van der Waals surface area contributed by atoms with Crippen LogP contribution >= 0.6 is 11.6 Å². The average molecular weight is 304 g/mol. The SMILES string of the molecule is COc1cc(OC)c(NCc2ccnc(C#N)c2)cc1Cl. The van der Waals surface area contributed by atoms with Gasteiger partial charge in [-0.3, -0.25) is 0 Å². The molecule has 5 nitrogen and oxygen atoms in total. The first kappa shape index (κ1) is 14.9. The summed E-state index contributed by atoms with van der Waals surface area (Å²) in [6.45, 7) is 0.524. The molecule has 0 aliphatic heterocycles. The van der Waals surface area contributed by atoms with Crippen LogP contribution < -0.4 is 14.8 Å². The van der Waals surface area contributed by atoms with Crippen LogP contribution in [0.25, 0.3) is 0 Å². The van der Waals surface area contributed by atoms with Crippen LogP contribution in [-0.2, 0) is 6.54 Å². The average Bonchev–Trinajstić information content (AvgIpc) is 2.53. The van der Waals surface area contributed by atoms with Gasteiger partial charge >= 0.3 is 0 Å². The number of hydrogen-bond acceptors (Lipinski definition) is 5. The first-order valence-corrected chi connectivity index (χ1v) is 6.56. The van der Waals surface area contributed by atoms with E-state index in [0.717, 1.165) is 11.3 Å². The molecule has 1 aromatic carbocycles. The van der Waals surface area contributed by atoms with Crippen molar-refractivity contribution in [2.75, 3.05) is 19.5 Å². The number of methoxy groups -OCH3 is 2. The van der Waals surface area contributed by atoms with Crippen molar-refractivity contribution in [3.63, 3.8) is 0 Å². The second-order valence-corrected chi connectivity index (χ2v) is 4.61. The number of halogens is 1. The second kappa shape index (κ2) is 6.82. The minimum atomic E-state index is 0.383. The van der Waals surface area contributed by atoms with E-state index in [2.05, 4.69) is 10.3 Å². The lowest BCUT2D eigenvalue weighted by atomic mass is 10.2. The van der Waals surface area contributed by atoms with Gasteiger partial charge in [-0.25, -0.2) is 4.98 Å². The molecule has 0 radical (unpaired) electrons. The Morgan fingerprint density at radius 1 is 1.24 bits per heavy atom. The molecule has 21 heavy (non-hydrogen) atoms. The molecule has 108 valence electrons. The van der Waals surface area contributed by atoms with Gasteiger partial charge in [-0.15, -0.1) is 0 Å². The number of ether oxygens (including phenoxy) is 2. The molecule has 0 aliphatic rings. The quantitative estimate of drug-likeness (QED) is 0.918. The first-order valence-electron chi connectivity index (χ1n) is 6.18. The van der Waals surface area contributed by atoms with Crippen LogP contribution in [0.15, 0.2) is 30.5 Å². The van der Waals surface area contributed by atoms with Crippen molar-refractivity contribution < 1.29 is 9.47 Å². The minimum Gasteiger partial charge on any atom is -0.495 e. The maximum absolute atomic E-state index is 8.84. The van der Waals surface area contributed by atoms with Gasteiger partial charge in [0, 0.05) is 18.8 Å². The number of anilines is 1. The third-order valence-electron chi connectivity index (χ3n) is 2.90. The van der Waals surface area contributed by atoms with Gasteiger partial charge in [-0.2, -0.15) is 5.26 Å². The molecule has 0 unspecified atom stereocenters. The summed E-state index contributed by atoms with van der Waals surface area (Å²) in [4.78, 5) is 3.93. The Morgan fingerprint density at radius 3 is 2.67 bits per heavy atom. The molecule has 0 saturated heterocycles. The van der Waals surface area contributed by atoms with Crippen LogP contribution in [0, 0.1) is 11.3 Å². The predicted octanol–water partition coefficient (Wildman–Crippen LogP) is 3.24. The number of hydrogen-bond donors (Lipinski definition) is 1. The van der Waals surface area contributed by atoms with Crippen molar-refractivity contribution in [3.05, 3.63) is 46.7 Å². The van der Waals surface area contributed by atoms with Gasteiger partial charge in [0.2, 0.25) is 0 Å². The fourth-order valence-electron chi connectivity index (χ4n) is 1.84. The highest BCUT2D eigenvalue weighted by Crippen LogP contribution is 2.36. The number of nitrogens with zero attached hydrogens (tertiary/aromatic N) is 2. The predicted molar refractivity (Wildman–Crippen MR) is 80.8 cm³/mol. The molecule has 0 saturated carbocycles. The van der Waals surface area contributed by atoms with E-state index < -0.39 is 0 Å². The highest BCUT2D eigenvalue weighted by Gasteiger charge is 2.09. The molecule has 0 aliphatic carbocycles. The molecule has 0 fully saturated rings. The summed E-state index contributed by atoms with van der Waals surface area (Å²) < 4.78 is 10.5. The molecule has 0 spiro atoms. The number of nitrogens with one attached hydrogen (secondary N) is 1. The second-order valence-electron chi connectivity index (χ2n) is 4.20. The zero-order valence-corrected chi connectivity index (χ0v) is 12.4. The molecule has 0 bridgehead atoms. The van der Waals surface area contributed by atoms with Crippen LogP contribution in [0.3, 0.4) is 0 Å². The van der Waals surface area contributed by atoms with Gasteiger partial charge in [0.1, 0.15) is 23.3 Å². The van der Waals surface area contributed by atoms with E-state index in [1.54, 1.807) is 38.6 Å². The molecule has 1 N–H and O–H groups in total. The van der Waals surface area contributed by atoms with Gasteiger partial charge < -0.3 is 14.8 Å². The molecule has 2 aromatic rings. The number of aromatic nitrogens is 1. The zero-order chi connectivity index (χ0) is 15.2. The van der Waals surface area contributed by atoms with E-state index in [1.807, 2.05) is 12.1 Å². The van der Waals surface area contributed by atoms with Crippen LogP contribution in [-0.4, -0.2) is 19.2 Å². The molecule has 2 rings (SSSR count). The normalized spacial score (nSPS) is 9.81. The van der Waals surface area contributed by atoms with Crippen molar-refractivity contribution in [1.29, 1.82) is 5.26 Å². The summed E-state index contributed by atoms with van der Waals surface area (Å²) in [5.74, 6) is 1.18. The molecule has 0 atom stereocenters. The molecular formula is C15H14ClN3O2. The lowest BCUT2D eigenvalue weighted by Crippen LogP contribution is -2.02. The van der Waals surface area contributed by atoms with Gasteiger partial charge in [0.15, 0.2) is 0 Å². The van der Waals surface area contributed by atoms with Crippen LogP contribution in [0.2, 0.25) is 5.02 Å². The standard InChI is InChI=1S/C15H14ClN3O2/c1-20-14-7-15(21-2)13(6-12(14)16)19-9-10-3-4-18-11(5-10)8-17/h3-7,19H,9H2,1-2H3. The smallest absolute Gasteiger partial charge is 0.145 e. The van der Waals surface area contributed by atoms with Crippen molar-refractivity contribution in [3.8, 4) is 17.6 Å². The van der Waals surface area contributed by atoms with Gasteiger partial charge in [0.25, 0.3) is 0 Å². The third-order valence-corrected chi connectivity index (χ3v) is 3.19. The van der Waals surface area contributed by atoms with Crippen molar-refractivity contribution in [1.82, 2.24) is 4.98 Å². The molecular weight excluding hydrogens is 290 g/mol. The lowest BCUT2D eigenvalue weighted by molar-refractivity contribution is 0.395. The van der Waals surface area contributed by atoms with Gasteiger partial charge in [-0.05, 0) is 23.8 Å². The van der Waals surface area contributed by atoms with E-state index in [9.17, 15) is 0 Å². The Kier molecular flexibility index (Phi) is 4.85. The summed E-state index contributed by atoms with van der Waals surface area (Å²) in [7, 11) is 3.13. The summed E-state index contributed by atoms with van der Waals surface area (Å²) in [6, 6.07) is 9.04. The van der Waals surface area contributed by atoms with E-state index in [4.69, 9.17) is 26.3 Å². The summed E-state index contributed by atoms with van der Waals surface area (Å²) in [5.41, 5.74) is 2.07. The highest BCUT2D eigenvalue weighted by atomic mass is 35.5. The monoisotopic (exact) mass is 303 g/mol. The van der Waals surface area contributed by atoms with E-state index >= 15 is 0 Å². The number of benzene rings is 1. The Hall–Kier alpha value is -2.45. The fourth-order valence-corrected chi connectivity index (χ4v) is 2.08. The van der Waals surface area contributed by atoms with E-state index in [1.165, 1.54) is 0 Å². The van der Waals surface area contributed by atoms with Gasteiger partial charge in [0.05, 0.1) is 24.9 Å². The number of pyridine rings is 1. The van der Waals surface area contributed by atoms with E-state index in [-0.39, 0.29) is 0 Å². The first-order chi connectivity index (χ1) is 10.2. The van der Waals surface area contributed by atoms with Crippen LogP contribution in [0.4, 0.5) is 5.69 Å². The summed E-state index contributed by atoms with van der Waals surface area (Å²) in [6.07, 6.45) is 1.60. The zero-order valence-electron chi connectivity index (χ0n) is 11.7. The highest BCUT2D eigenvalue weighted by molar-refractivity contribution is 6.32. The number of rotatable bonds is 5. The topological polar surface area (TPSA) is 67.2 Å². The maximum atomic E-state index is 8.84. The Morgan fingerprint density at radius 2 is 2.00 bits per heavy atom. The van der Waals surface area contributed by atoms with Gasteiger partial charge in [-0.1, -0.05) is 11.6 Å². The van der Waals surface area contributed by atoms with Crippen LogP contribution in [0.5, 0.6) is 11.5 Å². The molecule has 6 heteroatoms. The lowest BCUT2D eigenvalue weighted by Gasteiger charge is -2.14. The Balaban J connectivity index is 2.19. The van der Waals surface area contributed by atoms with E-state index in [0.29, 0.717) is 28.8 Å². The molecule has 1 aromatic heterocycles. The minimum absolute atomic E-state index is 0.383. The Labute approximate surface area is 128 Å². The van der Waals surface area contributed by atoms with Crippen molar-refractivity contribution in [2.45, 2.75) is 6.54 Å². The summed E-state index contributed by atoms with van der Waals surface area (Å²) >= 11 is 6.11. The van der Waals surface area contributed by atoms with Crippen molar-refractivity contribution >= 4 is 17.3 Å². The fraction of sp³-hybridized carbons (Fsp3) is 0.200. The maximum Gasteiger partial charge on any atom is 0.145 e. The molecule has 0 amide bonds. The third kappa shape index (κ3) is 3.56.